The summed E-state index contributed by atoms with van der Waals surface area (Å²) in [6, 6.07) is 0. The van der Waals surface area contributed by atoms with Gasteiger partial charge in [0.05, 0.1) is 12.2 Å². The zero-order valence-corrected chi connectivity index (χ0v) is 21.9. The number of aliphatic carboxylic acids is 1. The van der Waals surface area contributed by atoms with E-state index in [1.54, 1.807) is 0 Å². The van der Waals surface area contributed by atoms with Crippen LogP contribution in [0.4, 0.5) is 0 Å². The Labute approximate surface area is 197 Å². The fraction of sp³-hybridized carbons (Fsp3) is 0.964. The molecule has 2 saturated carbocycles. The Morgan fingerprint density at radius 2 is 1.72 bits per heavy atom. The van der Waals surface area contributed by atoms with Gasteiger partial charge in [-0.05, 0) is 97.7 Å². The molecule has 2 aliphatic carbocycles. The van der Waals surface area contributed by atoms with Crippen molar-refractivity contribution < 1.29 is 20.1 Å². The van der Waals surface area contributed by atoms with Crippen LogP contribution < -0.4 is 0 Å². The Morgan fingerprint density at radius 3 is 2.28 bits per heavy atom. The predicted octanol–water partition coefficient (Wildman–Crippen LogP) is 6.53. The number of aliphatic hydroxyl groups is 2. The lowest BCUT2D eigenvalue weighted by atomic mass is 9.50. The summed E-state index contributed by atoms with van der Waals surface area (Å²) in [5, 5.41) is 31.0. The zero-order valence-electron chi connectivity index (χ0n) is 21.9. The monoisotopic (exact) mass is 452 g/mol. The van der Waals surface area contributed by atoms with Crippen LogP contribution in [0.15, 0.2) is 0 Å². The molecule has 0 heterocycles. The minimum atomic E-state index is -0.693. The van der Waals surface area contributed by atoms with Gasteiger partial charge in [-0.1, -0.05) is 54.9 Å². The third kappa shape index (κ3) is 5.90. The smallest absolute Gasteiger partial charge is 0.303 e. The molecule has 0 radical (unpaired) electrons. The summed E-state index contributed by atoms with van der Waals surface area (Å²) in [7, 11) is 0. The normalized spacial score (nSPS) is 34.5. The summed E-state index contributed by atoms with van der Waals surface area (Å²) in [6.07, 6.45) is 8.73. The predicted molar refractivity (Wildman–Crippen MR) is 131 cm³/mol. The van der Waals surface area contributed by atoms with Crippen molar-refractivity contribution in [1.29, 1.82) is 0 Å². The van der Waals surface area contributed by atoms with Gasteiger partial charge in [-0.15, -0.1) is 0 Å². The van der Waals surface area contributed by atoms with Crippen LogP contribution in [0.5, 0.6) is 0 Å². The maximum Gasteiger partial charge on any atom is 0.303 e. The SMILES string of the molecule is CC[C@H](O)CCC(C)(C)C1CC[C@@]2(C)C(CC[C@@H]2[C@H](C)CCC(=O)O)C1[C@H](O)[C@@H](C)CC. The highest BCUT2D eigenvalue weighted by Gasteiger charge is 2.58. The van der Waals surface area contributed by atoms with Gasteiger partial charge in [-0.2, -0.15) is 0 Å². The van der Waals surface area contributed by atoms with Crippen LogP contribution in [0.2, 0.25) is 0 Å². The lowest BCUT2D eigenvalue weighted by molar-refractivity contribution is -0.137. The van der Waals surface area contributed by atoms with Crippen LogP contribution in [0, 0.1) is 46.3 Å². The minimum Gasteiger partial charge on any atom is -0.481 e. The van der Waals surface area contributed by atoms with Crippen molar-refractivity contribution in [1.82, 2.24) is 0 Å². The van der Waals surface area contributed by atoms with E-state index in [4.69, 9.17) is 0 Å². The first kappa shape index (κ1) is 27.6. The van der Waals surface area contributed by atoms with E-state index in [9.17, 15) is 20.1 Å². The van der Waals surface area contributed by atoms with E-state index in [0.29, 0.717) is 23.7 Å². The molecular weight excluding hydrogens is 400 g/mol. The maximum absolute atomic E-state index is 11.6. The molecule has 2 fully saturated rings. The van der Waals surface area contributed by atoms with Gasteiger partial charge in [0.15, 0.2) is 0 Å². The summed E-state index contributed by atoms with van der Waals surface area (Å²) in [5.74, 6) is 1.79. The number of hydrogen-bond donors (Lipinski definition) is 3. The Bertz CT molecular complexity index is 602. The largest absolute Gasteiger partial charge is 0.481 e. The third-order valence-corrected chi connectivity index (χ3v) is 10.1. The fourth-order valence-corrected chi connectivity index (χ4v) is 7.66. The number of fused-ring (bicyclic) bond motifs is 1. The number of hydrogen-bond acceptors (Lipinski definition) is 3. The molecular formula is C28H52O4. The maximum atomic E-state index is 11.6. The van der Waals surface area contributed by atoms with Gasteiger partial charge in [-0.3, -0.25) is 4.79 Å². The molecule has 0 aromatic rings. The van der Waals surface area contributed by atoms with E-state index in [1.165, 1.54) is 6.42 Å². The molecule has 4 nitrogen and oxygen atoms in total. The molecule has 9 atom stereocenters. The van der Waals surface area contributed by atoms with Crippen molar-refractivity contribution in [2.24, 2.45) is 46.3 Å². The van der Waals surface area contributed by atoms with Gasteiger partial charge < -0.3 is 15.3 Å². The summed E-state index contributed by atoms with van der Waals surface area (Å²) < 4.78 is 0. The van der Waals surface area contributed by atoms with Crippen molar-refractivity contribution >= 4 is 5.97 Å². The average molecular weight is 453 g/mol. The number of carboxylic acid groups (broad SMARTS) is 1. The second-order valence-electron chi connectivity index (χ2n) is 12.4. The molecule has 32 heavy (non-hydrogen) atoms. The molecule has 0 bridgehead atoms. The molecule has 0 amide bonds. The molecule has 2 aliphatic rings. The highest BCUT2D eigenvalue weighted by Crippen LogP contribution is 2.64. The Kier molecular flexibility index (Phi) is 9.68. The van der Waals surface area contributed by atoms with Gasteiger partial charge in [-0.25, -0.2) is 0 Å². The first-order valence-corrected chi connectivity index (χ1v) is 13.5. The summed E-state index contributed by atoms with van der Waals surface area (Å²) in [5.41, 5.74) is 0.274. The van der Waals surface area contributed by atoms with Crippen LogP contribution in [-0.2, 0) is 4.79 Å². The summed E-state index contributed by atoms with van der Waals surface area (Å²) in [4.78, 5) is 11.2. The molecule has 0 aliphatic heterocycles. The van der Waals surface area contributed by atoms with E-state index >= 15 is 0 Å². The van der Waals surface area contributed by atoms with Gasteiger partial charge in [0, 0.05) is 6.42 Å². The topological polar surface area (TPSA) is 77.8 Å². The van der Waals surface area contributed by atoms with E-state index in [-0.39, 0.29) is 41.3 Å². The van der Waals surface area contributed by atoms with Gasteiger partial charge in [0.2, 0.25) is 0 Å². The van der Waals surface area contributed by atoms with Crippen LogP contribution in [0.1, 0.15) is 113 Å². The molecule has 4 heteroatoms. The minimum absolute atomic E-state index is 0.0869. The number of carbonyl (C=O) groups is 1. The van der Waals surface area contributed by atoms with Gasteiger partial charge >= 0.3 is 5.97 Å². The van der Waals surface area contributed by atoms with E-state index < -0.39 is 5.97 Å². The van der Waals surface area contributed by atoms with Gasteiger partial charge in [0.25, 0.3) is 0 Å². The Morgan fingerprint density at radius 1 is 1.06 bits per heavy atom. The lowest BCUT2D eigenvalue weighted by Gasteiger charge is -2.56. The van der Waals surface area contributed by atoms with Crippen molar-refractivity contribution in [3.63, 3.8) is 0 Å². The molecule has 0 aromatic heterocycles. The molecule has 0 aromatic carbocycles. The van der Waals surface area contributed by atoms with Crippen LogP contribution in [-0.4, -0.2) is 33.5 Å². The van der Waals surface area contributed by atoms with Crippen molar-refractivity contribution in [2.75, 3.05) is 0 Å². The van der Waals surface area contributed by atoms with E-state index in [2.05, 4.69) is 41.5 Å². The van der Waals surface area contributed by atoms with Crippen LogP contribution >= 0.6 is 0 Å². The van der Waals surface area contributed by atoms with E-state index in [0.717, 1.165) is 51.4 Å². The number of carboxylic acids is 1. The standard InChI is InChI=1S/C28H52O4/c1-8-18(3)26(32)25-22(27(5,6)16-14-20(29)9-2)15-17-28(7)21(11-12-23(25)28)19(4)10-13-24(30)31/h18-23,25-26,29,32H,8-17H2,1-7H3,(H,30,31)/t18-,19+,20-,21+,22?,23?,25?,26+,28+/m0/s1. The van der Waals surface area contributed by atoms with Crippen molar-refractivity contribution in [3.8, 4) is 0 Å². The Balaban J connectivity index is 2.31. The highest BCUT2D eigenvalue weighted by atomic mass is 16.4. The highest BCUT2D eigenvalue weighted by molar-refractivity contribution is 5.66. The summed E-state index contributed by atoms with van der Waals surface area (Å²) in [6.45, 7) is 15.9. The zero-order chi connectivity index (χ0) is 24.3. The average Bonchev–Trinajstić information content (AvgIpc) is 3.10. The first-order chi connectivity index (χ1) is 14.9. The van der Waals surface area contributed by atoms with Crippen molar-refractivity contribution in [3.05, 3.63) is 0 Å². The molecule has 188 valence electrons. The molecule has 0 spiro atoms. The van der Waals surface area contributed by atoms with Crippen LogP contribution in [0.25, 0.3) is 0 Å². The second kappa shape index (κ2) is 11.2. The molecule has 0 saturated heterocycles. The number of rotatable bonds is 12. The molecule has 3 N–H and O–H groups in total. The Hall–Kier alpha value is -0.610. The van der Waals surface area contributed by atoms with Crippen molar-refractivity contribution in [2.45, 2.75) is 125 Å². The van der Waals surface area contributed by atoms with E-state index in [1.807, 2.05) is 6.92 Å². The lowest BCUT2D eigenvalue weighted by Crippen LogP contribution is -2.52. The quantitative estimate of drug-likeness (QED) is 0.314. The molecule has 3 unspecified atom stereocenters. The van der Waals surface area contributed by atoms with Crippen LogP contribution in [0.3, 0.4) is 0 Å². The summed E-state index contributed by atoms with van der Waals surface area (Å²) >= 11 is 0. The third-order valence-electron chi connectivity index (χ3n) is 10.1. The molecule has 2 rings (SSSR count). The second-order valence-corrected chi connectivity index (χ2v) is 12.4. The first-order valence-electron chi connectivity index (χ1n) is 13.5. The fourth-order valence-electron chi connectivity index (χ4n) is 7.66. The van der Waals surface area contributed by atoms with Gasteiger partial charge in [0.1, 0.15) is 0 Å². The number of aliphatic hydroxyl groups excluding tert-OH is 2.